The molecule has 6 heteroatoms. The molecule has 1 aliphatic rings. The summed E-state index contributed by atoms with van der Waals surface area (Å²) >= 11 is 0. The summed E-state index contributed by atoms with van der Waals surface area (Å²) in [7, 11) is -1.41. The molecule has 0 unspecified atom stereocenters. The van der Waals surface area contributed by atoms with Crippen LogP contribution in [0.3, 0.4) is 0 Å². The monoisotopic (exact) mass is 236 g/mol. The highest BCUT2D eigenvalue weighted by Gasteiger charge is 2.38. The Morgan fingerprint density at radius 2 is 2.13 bits per heavy atom. The zero-order chi connectivity index (χ0) is 11.5. The number of ether oxygens (including phenoxy) is 1. The van der Waals surface area contributed by atoms with Crippen LogP contribution in [0.4, 0.5) is 0 Å². The second-order valence-electron chi connectivity index (χ2n) is 4.36. The molecule has 0 aromatic heterocycles. The van der Waals surface area contributed by atoms with E-state index < -0.39 is 15.6 Å². The zero-order valence-corrected chi connectivity index (χ0v) is 10.4. The van der Waals surface area contributed by atoms with Crippen LogP contribution >= 0.6 is 0 Å². The Morgan fingerprint density at radius 3 is 2.67 bits per heavy atom. The number of nitrogens with one attached hydrogen (secondary N) is 1. The summed E-state index contributed by atoms with van der Waals surface area (Å²) in [5, 5.41) is 2.85. The Kier molecular flexibility index (Phi) is 4.11. The molecule has 1 aliphatic heterocycles. The molecule has 0 atom stereocenters. The molecule has 0 amide bonds. The van der Waals surface area contributed by atoms with E-state index in [0.29, 0.717) is 26.3 Å². The second kappa shape index (κ2) is 4.78. The lowest BCUT2D eigenvalue weighted by Gasteiger charge is -2.40. The molecule has 5 nitrogen and oxygen atoms in total. The van der Waals surface area contributed by atoms with E-state index in [0.717, 1.165) is 0 Å². The van der Waals surface area contributed by atoms with Gasteiger partial charge in [-0.05, 0) is 20.9 Å². The van der Waals surface area contributed by atoms with Gasteiger partial charge in [-0.25, -0.2) is 8.42 Å². The van der Waals surface area contributed by atoms with Crippen molar-refractivity contribution in [3.8, 4) is 0 Å². The van der Waals surface area contributed by atoms with Gasteiger partial charge in [0, 0.05) is 13.1 Å². The van der Waals surface area contributed by atoms with Gasteiger partial charge in [0.25, 0.3) is 0 Å². The van der Waals surface area contributed by atoms with Crippen LogP contribution in [-0.2, 0) is 14.8 Å². The Hall–Kier alpha value is -0.170. The Labute approximate surface area is 91.8 Å². The highest BCUT2D eigenvalue weighted by atomic mass is 32.2. The molecule has 15 heavy (non-hydrogen) atoms. The Bertz CT molecular complexity index is 300. The van der Waals surface area contributed by atoms with Gasteiger partial charge in [0.15, 0.2) is 0 Å². The fourth-order valence-corrected chi connectivity index (χ4v) is 3.54. The number of nitrogens with zero attached hydrogens (tertiary/aromatic N) is 1. The maximum Gasteiger partial charge on any atom is 0.215 e. The van der Waals surface area contributed by atoms with Crippen molar-refractivity contribution in [2.24, 2.45) is 0 Å². The van der Waals surface area contributed by atoms with Crippen LogP contribution in [0.5, 0.6) is 0 Å². The average molecular weight is 236 g/mol. The van der Waals surface area contributed by atoms with Crippen molar-refractivity contribution >= 4 is 10.0 Å². The molecule has 1 rings (SSSR count). The van der Waals surface area contributed by atoms with Gasteiger partial charge in [0.1, 0.15) is 0 Å². The van der Waals surface area contributed by atoms with E-state index >= 15 is 0 Å². The molecule has 0 radical (unpaired) electrons. The topological polar surface area (TPSA) is 58.6 Å². The van der Waals surface area contributed by atoms with Gasteiger partial charge >= 0.3 is 0 Å². The van der Waals surface area contributed by atoms with Gasteiger partial charge in [-0.1, -0.05) is 0 Å². The molecule has 0 aliphatic carbocycles. The van der Waals surface area contributed by atoms with Gasteiger partial charge in [-0.2, -0.15) is 4.31 Å². The normalized spacial score (nSPS) is 22.9. The maximum absolute atomic E-state index is 12.0. The van der Waals surface area contributed by atoms with E-state index in [4.69, 9.17) is 4.74 Å². The summed E-state index contributed by atoms with van der Waals surface area (Å²) in [6.07, 6.45) is 0. The summed E-state index contributed by atoms with van der Waals surface area (Å²) < 4.78 is 30.8. The van der Waals surface area contributed by atoms with Crippen LogP contribution < -0.4 is 5.32 Å². The summed E-state index contributed by atoms with van der Waals surface area (Å²) in [4.78, 5) is 0. The van der Waals surface area contributed by atoms with Gasteiger partial charge in [-0.15, -0.1) is 0 Å². The van der Waals surface area contributed by atoms with Crippen molar-refractivity contribution in [2.75, 3.05) is 39.1 Å². The van der Waals surface area contributed by atoms with Crippen LogP contribution in [0.15, 0.2) is 0 Å². The highest BCUT2D eigenvalue weighted by molar-refractivity contribution is 7.89. The predicted molar refractivity (Wildman–Crippen MR) is 59.3 cm³/mol. The van der Waals surface area contributed by atoms with E-state index in [1.165, 1.54) is 0 Å². The Balaban J connectivity index is 2.76. The molecule has 1 fully saturated rings. The van der Waals surface area contributed by atoms with Gasteiger partial charge < -0.3 is 10.1 Å². The molecule has 1 N–H and O–H groups in total. The van der Waals surface area contributed by atoms with Crippen LogP contribution in [0.1, 0.15) is 13.8 Å². The number of rotatable bonds is 4. The standard InChI is InChI=1S/C9H20N2O3S/c1-9(2)8-14-6-5-11(9)15(12,13)7-4-10-3/h10H,4-8H2,1-3H3. The quantitative estimate of drug-likeness (QED) is 0.724. The van der Waals surface area contributed by atoms with Crippen LogP contribution in [0.2, 0.25) is 0 Å². The number of sulfonamides is 1. The third-order valence-corrected chi connectivity index (χ3v) is 4.58. The summed E-state index contributed by atoms with van der Waals surface area (Å²) in [5.41, 5.74) is -0.426. The number of morpholine rings is 1. The largest absolute Gasteiger partial charge is 0.378 e. The molecule has 0 aromatic carbocycles. The SMILES string of the molecule is CNCCS(=O)(=O)N1CCOCC1(C)C. The van der Waals surface area contributed by atoms with E-state index in [1.54, 1.807) is 11.4 Å². The molecule has 0 spiro atoms. The number of hydrogen-bond acceptors (Lipinski definition) is 4. The Morgan fingerprint density at radius 1 is 1.47 bits per heavy atom. The van der Waals surface area contributed by atoms with Crippen molar-refractivity contribution in [2.45, 2.75) is 19.4 Å². The fraction of sp³-hybridized carbons (Fsp3) is 1.00. The fourth-order valence-electron chi connectivity index (χ4n) is 1.70. The van der Waals surface area contributed by atoms with Crippen molar-refractivity contribution in [1.82, 2.24) is 9.62 Å². The third-order valence-electron chi connectivity index (χ3n) is 2.51. The van der Waals surface area contributed by atoms with Gasteiger partial charge in [0.2, 0.25) is 10.0 Å². The maximum atomic E-state index is 12.0. The highest BCUT2D eigenvalue weighted by Crippen LogP contribution is 2.22. The lowest BCUT2D eigenvalue weighted by atomic mass is 10.1. The van der Waals surface area contributed by atoms with Crippen molar-refractivity contribution < 1.29 is 13.2 Å². The number of hydrogen-bond donors (Lipinski definition) is 1. The van der Waals surface area contributed by atoms with E-state index in [9.17, 15) is 8.42 Å². The van der Waals surface area contributed by atoms with Crippen LogP contribution in [-0.4, -0.2) is 57.4 Å². The molecular weight excluding hydrogens is 216 g/mol. The van der Waals surface area contributed by atoms with Gasteiger partial charge in [0.05, 0.1) is 24.5 Å². The first-order valence-corrected chi connectivity index (χ1v) is 6.74. The summed E-state index contributed by atoms with van der Waals surface area (Å²) in [5.74, 6) is 0.146. The van der Waals surface area contributed by atoms with Crippen LogP contribution in [0, 0.1) is 0 Å². The predicted octanol–water partition coefficient (Wildman–Crippen LogP) is -0.354. The minimum absolute atomic E-state index is 0.146. The van der Waals surface area contributed by atoms with E-state index in [-0.39, 0.29) is 5.75 Å². The van der Waals surface area contributed by atoms with Crippen molar-refractivity contribution in [3.63, 3.8) is 0 Å². The molecule has 90 valence electrons. The van der Waals surface area contributed by atoms with Crippen LogP contribution in [0.25, 0.3) is 0 Å². The summed E-state index contributed by atoms with van der Waals surface area (Å²) in [6.45, 7) is 5.68. The first-order chi connectivity index (χ1) is 6.90. The minimum Gasteiger partial charge on any atom is -0.378 e. The zero-order valence-electron chi connectivity index (χ0n) is 9.62. The van der Waals surface area contributed by atoms with E-state index in [1.807, 2.05) is 13.8 Å². The first-order valence-electron chi connectivity index (χ1n) is 5.13. The lowest BCUT2D eigenvalue weighted by molar-refractivity contribution is -0.00766. The van der Waals surface area contributed by atoms with E-state index in [2.05, 4.69) is 5.32 Å². The van der Waals surface area contributed by atoms with Crippen molar-refractivity contribution in [1.29, 1.82) is 0 Å². The molecule has 0 bridgehead atoms. The van der Waals surface area contributed by atoms with Gasteiger partial charge in [-0.3, -0.25) is 0 Å². The lowest BCUT2D eigenvalue weighted by Crippen LogP contribution is -2.56. The smallest absolute Gasteiger partial charge is 0.215 e. The summed E-state index contributed by atoms with van der Waals surface area (Å²) in [6, 6.07) is 0. The molecule has 0 saturated carbocycles. The molecule has 1 saturated heterocycles. The average Bonchev–Trinajstić information content (AvgIpc) is 2.13. The molecule has 0 aromatic rings. The first kappa shape index (κ1) is 12.9. The molecule has 1 heterocycles. The third kappa shape index (κ3) is 3.14. The molecular formula is C9H20N2O3S. The van der Waals surface area contributed by atoms with Crippen molar-refractivity contribution in [3.05, 3.63) is 0 Å². The minimum atomic E-state index is -3.16. The second-order valence-corrected chi connectivity index (χ2v) is 6.37.